The minimum atomic E-state index is -0.111. The molecule has 2 atom stereocenters. The molecule has 0 aromatic carbocycles. The summed E-state index contributed by atoms with van der Waals surface area (Å²) in [4.78, 5) is 25.0. The molecular weight excluding hydrogens is 196 g/mol. The molecule has 2 saturated heterocycles. The lowest BCUT2D eigenvalue weighted by molar-refractivity contribution is -0.140. The predicted octanol–water partition coefficient (Wildman–Crippen LogP) is -0.773. The number of imide groups is 1. The van der Waals surface area contributed by atoms with Gasteiger partial charge in [-0.2, -0.15) is 0 Å². The Morgan fingerprint density at radius 2 is 1.93 bits per heavy atom. The molecule has 2 aliphatic heterocycles. The zero-order valence-electron chi connectivity index (χ0n) is 8.86. The van der Waals surface area contributed by atoms with Gasteiger partial charge in [0.1, 0.15) is 0 Å². The monoisotopic (exact) mass is 212 g/mol. The average Bonchev–Trinajstić information content (AvgIpc) is 2.77. The molecule has 2 fully saturated rings. The summed E-state index contributed by atoms with van der Waals surface area (Å²) in [6.45, 7) is 2.38. The van der Waals surface area contributed by atoms with Crippen LogP contribution in [-0.4, -0.2) is 50.1 Å². The summed E-state index contributed by atoms with van der Waals surface area (Å²) in [6.07, 6.45) is 0.723. The molecule has 2 amide bonds. The van der Waals surface area contributed by atoms with Crippen LogP contribution in [0.4, 0.5) is 0 Å². The number of fused-ring (bicyclic) bond motifs is 1. The van der Waals surface area contributed by atoms with E-state index in [1.165, 1.54) is 4.90 Å². The van der Waals surface area contributed by atoms with Crippen molar-refractivity contribution in [2.45, 2.75) is 6.42 Å². The van der Waals surface area contributed by atoms with Crippen molar-refractivity contribution in [1.29, 1.82) is 0 Å². The van der Waals surface area contributed by atoms with Crippen LogP contribution < -0.4 is 5.32 Å². The maximum atomic E-state index is 11.8. The summed E-state index contributed by atoms with van der Waals surface area (Å²) in [6, 6.07) is 0. The number of rotatable bonds is 4. The van der Waals surface area contributed by atoms with Crippen LogP contribution in [0.3, 0.4) is 0 Å². The molecule has 2 rings (SSSR count). The number of nitrogens with one attached hydrogen (secondary N) is 1. The van der Waals surface area contributed by atoms with E-state index in [2.05, 4.69) is 5.32 Å². The molecule has 0 spiro atoms. The molecule has 15 heavy (non-hydrogen) atoms. The highest BCUT2D eigenvalue weighted by atomic mass is 16.5. The summed E-state index contributed by atoms with van der Waals surface area (Å²) < 4.78 is 4.90. The largest absolute Gasteiger partial charge is 0.385 e. The highest BCUT2D eigenvalue weighted by Gasteiger charge is 2.49. The Morgan fingerprint density at radius 1 is 1.33 bits per heavy atom. The number of amides is 2. The quantitative estimate of drug-likeness (QED) is 0.491. The Bertz CT molecular complexity index is 258. The fraction of sp³-hybridized carbons (Fsp3) is 0.800. The summed E-state index contributed by atoms with van der Waals surface area (Å²) in [5.74, 6) is -0.239. The van der Waals surface area contributed by atoms with Gasteiger partial charge in [-0.3, -0.25) is 14.5 Å². The molecule has 5 heteroatoms. The molecule has 1 N–H and O–H groups in total. The van der Waals surface area contributed by atoms with Crippen LogP contribution in [0.2, 0.25) is 0 Å². The predicted molar refractivity (Wildman–Crippen MR) is 53.1 cm³/mol. The Hall–Kier alpha value is -0.940. The van der Waals surface area contributed by atoms with Gasteiger partial charge in [-0.25, -0.2) is 0 Å². The van der Waals surface area contributed by atoms with Crippen LogP contribution in [0.15, 0.2) is 0 Å². The number of hydrogen-bond acceptors (Lipinski definition) is 4. The van der Waals surface area contributed by atoms with Crippen molar-refractivity contribution in [2.75, 3.05) is 33.4 Å². The van der Waals surface area contributed by atoms with Gasteiger partial charge in [0.25, 0.3) is 0 Å². The van der Waals surface area contributed by atoms with Gasteiger partial charge in [0.05, 0.1) is 11.8 Å². The first-order valence-corrected chi connectivity index (χ1v) is 5.30. The highest BCUT2D eigenvalue weighted by Crippen LogP contribution is 2.28. The third kappa shape index (κ3) is 1.77. The number of nitrogens with zero attached hydrogens (tertiary/aromatic N) is 1. The third-order valence-corrected chi connectivity index (χ3v) is 3.11. The van der Waals surface area contributed by atoms with E-state index in [0.717, 1.165) is 6.42 Å². The lowest BCUT2D eigenvalue weighted by Gasteiger charge is -2.15. The summed E-state index contributed by atoms with van der Waals surface area (Å²) >= 11 is 0. The van der Waals surface area contributed by atoms with Crippen molar-refractivity contribution in [3.8, 4) is 0 Å². The van der Waals surface area contributed by atoms with E-state index in [1.807, 2.05) is 0 Å². The van der Waals surface area contributed by atoms with Gasteiger partial charge in [0.15, 0.2) is 0 Å². The van der Waals surface area contributed by atoms with E-state index in [1.54, 1.807) is 7.11 Å². The molecule has 84 valence electrons. The molecule has 0 bridgehead atoms. The Morgan fingerprint density at radius 3 is 2.47 bits per heavy atom. The van der Waals surface area contributed by atoms with Gasteiger partial charge in [0.2, 0.25) is 11.8 Å². The van der Waals surface area contributed by atoms with E-state index in [9.17, 15) is 9.59 Å². The van der Waals surface area contributed by atoms with Gasteiger partial charge >= 0.3 is 0 Å². The fourth-order valence-corrected chi connectivity index (χ4v) is 2.29. The van der Waals surface area contributed by atoms with Crippen molar-refractivity contribution in [3.05, 3.63) is 0 Å². The van der Waals surface area contributed by atoms with Crippen LogP contribution in [-0.2, 0) is 14.3 Å². The van der Waals surface area contributed by atoms with Crippen LogP contribution in [0, 0.1) is 11.8 Å². The minimum Gasteiger partial charge on any atom is -0.385 e. The van der Waals surface area contributed by atoms with Gasteiger partial charge < -0.3 is 10.1 Å². The number of ether oxygens (including phenoxy) is 1. The number of carbonyl (C=O) groups is 2. The summed E-state index contributed by atoms with van der Waals surface area (Å²) in [5, 5.41) is 3.08. The van der Waals surface area contributed by atoms with Crippen molar-refractivity contribution in [1.82, 2.24) is 10.2 Å². The van der Waals surface area contributed by atoms with Crippen molar-refractivity contribution < 1.29 is 14.3 Å². The van der Waals surface area contributed by atoms with Crippen molar-refractivity contribution >= 4 is 11.8 Å². The summed E-state index contributed by atoms with van der Waals surface area (Å²) in [5.41, 5.74) is 0. The van der Waals surface area contributed by atoms with Crippen LogP contribution in [0.25, 0.3) is 0 Å². The average molecular weight is 212 g/mol. The Labute approximate surface area is 88.8 Å². The second-order valence-electron chi connectivity index (χ2n) is 4.05. The molecule has 2 heterocycles. The van der Waals surface area contributed by atoms with E-state index in [-0.39, 0.29) is 23.7 Å². The molecule has 5 nitrogen and oxygen atoms in total. The first-order valence-electron chi connectivity index (χ1n) is 5.30. The number of likely N-dealkylation sites (tertiary alicyclic amines) is 1. The van der Waals surface area contributed by atoms with Gasteiger partial charge in [0, 0.05) is 33.4 Å². The summed E-state index contributed by atoms with van der Waals surface area (Å²) in [7, 11) is 1.62. The van der Waals surface area contributed by atoms with Gasteiger partial charge in [-0.05, 0) is 6.42 Å². The second-order valence-corrected chi connectivity index (χ2v) is 4.05. The molecule has 2 unspecified atom stereocenters. The Balaban J connectivity index is 1.95. The van der Waals surface area contributed by atoms with E-state index >= 15 is 0 Å². The molecule has 0 radical (unpaired) electrons. The minimum absolute atomic E-state index is 0.00824. The van der Waals surface area contributed by atoms with Gasteiger partial charge in [-0.1, -0.05) is 0 Å². The van der Waals surface area contributed by atoms with Crippen LogP contribution >= 0.6 is 0 Å². The number of methoxy groups -OCH3 is 1. The lowest BCUT2D eigenvalue weighted by atomic mass is 10.00. The zero-order valence-corrected chi connectivity index (χ0v) is 8.86. The van der Waals surface area contributed by atoms with E-state index in [0.29, 0.717) is 26.2 Å². The van der Waals surface area contributed by atoms with Crippen molar-refractivity contribution in [3.63, 3.8) is 0 Å². The molecule has 0 saturated carbocycles. The standard InChI is InChI=1S/C10H16N2O3/c1-15-4-2-3-12-9(13)7-5-11-6-8(7)10(12)14/h7-8,11H,2-6H2,1H3. The zero-order chi connectivity index (χ0) is 10.8. The maximum Gasteiger partial charge on any atom is 0.234 e. The normalized spacial score (nSPS) is 30.1. The first-order chi connectivity index (χ1) is 7.25. The number of carbonyl (C=O) groups excluding carboxylic acids is 2. The van der Waals surface area contributed by atoms with E-state index in [4.69, 9.17) is 4.74 Å². The Kier molecular flexibility index (Phi) is 3.02. The van der Waals surface area contributed by atoms with E-state index < -0.39 is 0 Å². The molecule has 0 aromatic rings. The molecule has 0 aromatic heterocycles. The van der Waals surface area contributed by atoms with Crippen LogP contribution in [0.5, 0.6) is 0 Å². The number of hydrogen-bond donors (Lipinski definition) is 1. The highest BCUT2D eigenvalue weighted by molar-refractivity contribution is 6.05. The maximum absolute atomic E-state index is 11.8. The SMILES string of the molecule is COCCCN1C(=O)C2CNCC2C1=O. The third-order valence-electron chi connectivity index (χ3n) is 3.11. The molecule has 0 aliphatic carbocycles. The van der Waals surface area contributed by atoms with Gasteiger partial charge in [-0.15, -0.1) is 0 Å². The van der Waals surface area contributed by atoms with Crippen molar-refractivity contribution in [2.24, 2.45) is 11.8 Å². The topological polar surface area (TPSA) is 58.6 Å². The fourth-order valence-electron chi connectivity index (χ4n) is 2.29. The van der Waals surface area contributed by atoms with Crippen LogP contribution in [0.1, 0.15) is 6.42 Å². The second kappa shape index (κ2) is 4.28. The molecular formula is C10H16N2O3. The molecule has 2 aliphatic rings. The lowest BCUT2D eigenvalue weighted by Crippen LogP contribution is -2.35. The first kappa shape index (κ1) is 10.6. The smallest absolute Gasteiger partial charge is 0.234 e.